The number of halogens is 1. The number of aromatic amines is 1. The summed E-state index contributed by atoms with van der Waals surface area (Å²) in [5.41, 5.74) is 2.59. The van der Waals surface area contributed by atoms with E-state index in [0.717, 1.165) is 21.2 Å². The average Bonchev–Trinajstić information content (AvgIpc) is 3.41. The summed E-state index contributed by atoms with van der Waals surface area (Å²) in [7, 11) is 0. The van der Waals surface area contributed by atoms with Crippen LogP contribution in [0.2, 0.25) is 0 Å². The second-order valence-electron chi connectivity index (χ2n) is 6.38. The van der Waals surface area contributed by atoms with Crippen LogP contribution in [0.4, 0.5) is 0 Å². The van der Waals surface area contributed by atoms with Crippen LogP contribution < -0.4 is 5.56 Å². The lowest BCUT2D eigenvalue weighted by atomic mass is 10.1. The Morgan fingerprint density at radius 1 is 1.03 bits per heavy atom. The number of fused-ring (bicyclic) bond motifs is 1. The maximum Gasteiger partial charge on any atom is 0.277 e. The third kappa shape index (κ3) is 3.83. The molecule has 0 aliphatic heterocycles. The summed E-state index contributed by atoms with van der Waals surface area (Å²) in [6.45, 7) is 0. The monoisotopic (exact) mass is 496 g/mol. The highest BCUT2D eigenvalue weighted by Gasteiger charge is 2.14. The van der Waals surface area contributed by atoms with Crippen molar-refractivity contribution < 1.29 is 4.42 Å². The molecule has 0 bridgehead atoms. The molecule has 0 spiro atoms. The van der Waals surface area contributed by atoms with Crippen LogP contribution in [-0.2, 0) is 5.75 Å². The van der Waals surface area contributed by atoms with Gasteiger partial charge in [-0.15, -0.1) is 21.5 Å². The fraction of sp³-hybridized carbons (Fsp3) is 0.0476. The van der Waals surface area contributed by atoms with Gasteiger partial charge >= 0.3 is 0 Å². The third-order valence-electron chi connectivity index (χ3n) is 4.41. The molecule has 148 valence electrons. The van der Waals surface area contributed by atoms with Crippen LogP contribution in [0, 0.1) is 0 Å². The summed E-state index contributed by atoms with van der Waals surface area (Å²) in [4.78, 5) is 21.0. The van der Waals surface area contributed by atoms with E-state index < -0.39 is 0 Å². The van der Waals surface area contributed by atoms with Gasteiger partial charge in [0.1, 0.15) is 10.7 Å². The van der Waals surface area contributed by atoms with E-state index in [1.807, 2.05) is 60.0 Å². The van der Waals surface area contributed by atoms with Gasteiger partial charge in [0.15, 0.2) is 0 Å². The number of nitrogens with zero attached hydrogens (tertiary/aromatic N) is 3. The zero-order valence-corrected chi connectivity index (χ0v) is 18.6. The van der Waals surface area contributed by atoms with Gasteiger partial charge in [-0.2, -0.15) is 0 Å². The van der Waals surface area contributed by atoms with Gasteiger partial charge in [-0.1, -0.05) is 58.0 Å². The fourth-order valence-corrected chi connectivity index (χ4v) is 4.86. The molecule has 3 aromatic heterocycles. The number of thiophene rings is 1. The zero-order valence-electron chi connectivity index (χ0n) is 15.3. The fourth-order valence-electron chi connectivity index (χ4n) is 3.00. The van der Waals surface area contributed by atoms with Gasteiger partial charge < -0.3 is 9.40 Å². The minimum Gasteiger partial charge on any atom is -0.411 e. The Balaban J connectivity index is 1.38. The molecule has 5 rings (SSSR count). The molecule has 0 saturated carbocycles. The zero-order chi connectivity index (χ0) is 20.5. The van der Waals surface area contributed by atoms with Gasteiger partial charge in [0.2, 0.25) is 5.89 Å². The molecule has 0 fully saturated rings. The lowest BCUT2D eigenvalue weighted by Gasteiger charge is -2.01. The number of H-pyrrole nitrogens is 1. The van der Waals surface area contributed by atoms with E-state index in [1.165, 1.54) is 23.1 Å². The largest absolute Gasteiger partial charge is 0.411 e. The molecule has 0 aliphatic carbocycles. The Bertz CT molecular complexity index is 1380. The normalized spacial score (nSPS) is 11.2. The predicted octanol–water partition coefficient (Wildman–Crippen LogP) is 5.76. The Morgan fingerprint density at radius 2 is 1.83 bits per heavy atom. The molecule has 5 aromatic rings. The lowest BCUT2D eigenvalue weighted by Crippen LogP contribution is -2.10. The Hall–Kier alpha value is -2.75. The van der Waals surface area contributed by atoms with Gasteiger partial charge in [-0.05, 0) is 29.8 Å². The number of hydrogen-bond donors (Lipinski definition) is 1. The van der Waals surface area contributed by atoms with Crippen molar-refractivity contribution in [3.8, 4) is 22.6 Å². The summed E-state index contributed by atoms with van der Waals surface area (Å²) >= 11 is 6.23. The van der Waals surface area contributed by atoms with E-state index in [-0.39, 0.29) is 5.56 Å². The molecule has 0 saturated heterocycles. The first-order chi connectivity index (χ1) is 14.7. The molecule has 0 atom stereocenters. The van der Waals surface area contributed by atoms with Gasteiger partial charge in [0.25, 0.3) is 10.8 Å². The quantitative estimate of drug-likeness (QED) is 0.311. The molecule has 30 heavy (non-hydrogen) atoms. The van der Waals surface area contributed by atoms with E-state index in [2.05, 4.69) is 36.1 Å². The van der Waals surface area contributed by atoms with Crippen molar-refractivity contribution in [1.82, 2.24) is 20.2 Å². The highest BCUT2D eigenvalue weighted by molar-refractivity contribution is 9.10. The van der Waals surface area contributed by atoms with E-state index >= 15 is 0 Å². The van der Waals surface area contributed by atoms with Crippen molar-refractivity contribution in [3.05, 3.63) is 80.6 Å². The highest BCUT2D eigenvalue weighted by Crippen LogP contribution is 2.32. The molecule has 0 radical (unpaired) electrons. The standard InChI is InChI=1S/C21H13BrN4O2S2/c22-14-8-6-12(7-9-14)15-10-29-20-17(15)18(27)23-16(24-20)11-30-21-26-25-19(28-21)13-4-2-1-3-5-13/h1-10H,11H2,(H,23,24,27). The first-order valence-corrected chi connectivity index (χ1v) is 11.6. The second-order valence-corrected chi connectivity index (χ2v) is 9.08. The van der Waals surface area contributed by atoms with Crippen LogP contribution >= 0.6 is 39.0 Å². The number of hydrogen-bond acceptors (Lipinski definition) is 7. The number of nitrogens with one attached hydrogen (secondary N) is 1. The first kappa shape index (κ1) is 19.2. The maximum absolute atomic E-state index is 12.8. The molecular formula is C21H13BrN4O2S2. The molecule has 0 amide bonds. The van der Waals surface area contributed by atoms with E-state index in [0.29, 0.717) is 32.9 Å². The summed E-state index contributed by atoms with van der Waals surface area (Å²) in [6, 6.07) is 17.5. The minimum absolute atomic E-state index is 0.148. The van der Waals surface area contributed by atoms with Gasteiger partial charge in [-0.3, -0.25) is 4.79 Å². The molecule has 2 aromatic carbocycles. The molecule has 0 unspecified atom stereocenters. The van der Waals surface area contributed by atoms with Crippen molar-refractivity contribution >= 4 is 49.2 Å². The minimum atomic E-state index is -0.148. The van der Waals surface area contributed by atoms with Crippen molar-refractivity contribution in [3.63, 3.8) is 0 Å². The molecular weight excluding hydrogens is 484 g/mol. The maximum atomic E-state index is 12.8. The Morgan fingerprint density at radius 3 is 2.63 bits per heavy atom. The lowest BCUT2D eigenvalue weighted by molar-refractivity contribution is 0.465. The Labute approximate surface area is 187 Å². The van der Waals surface area contributed by atoms with E-state index in [1.54, 1.807) is 0 Å². The highest BCUT2D eigenvalue weighted by atomic mass is 79.9. The number of benzene rings is 2. The number of rotatable bonds is 5. The summed E-state index contributed by atoms with van der Waals surface area (Å²) in [6.07, 6.45) is 0. The van der Waals surface area contributed by atoms with Gasteiger partial charge in [-0.25, -0.2) is 4.98 Å². The molecule has 6 nitrogen and oxygen atoms in total. The summed E-state index contributed by atoms with van der Waals surface area (Å²) in [5.74, 6) is 1.46. The summed E-state index contributed by atoms with van der Waals surface area (Å²) in [5, 5.41) is 11.2. The SMILES string of the molecule is O=c1[nH]c(CSc2nnc(-c3ccccc3)o2)nc2scc(-c3ccc(Br)cc3)c12. The van der Waals surface area contributed by atoms with Crippen molar-refractivity contribution in [2.75, 3.05) is 0 Å². The average molecular weight is 497 g/mol. The third-order valence-corrected chi connectivity index (χ3v) is 6.64. The molecule has 3 heterocycles. The van der Waals surface area contributed by atoms with Crippen molar-refractivity contribution in [2.45, 2.75) is 11.0 Å². The van der Waals surface area contributed by atoms with E-state index in [9.17, 15) is 4.79 Å². The molecule has 1 N–H and O–H groups in total. The number of thioether (sulfide) groups is 1. The number of aromatic nitrogens is 4. The predicted molar refractivity (Wildman–Crippen MR) is 123 cm³/mol. The Kier molecular flexibility index (Phi) is 5.24. The second kappa shape index (κ2) is 8.17. The smallest absolute Gasteiger partial charge is 0.277 e. The van der Waals surface area contributed by atoms with Crippen LogP contribution in [0.5, 0.6) is 0 Å². The van der Waals surface area contributed by atoms with Crippen LogP contribution in [0.25, 0.3) is 32.8 Å². The first-order valence-electron chi connectivity index (χ1n) is 8.95. The van der Waals surface area contributed by atoms with Crippen LogP contribution in [-0.4, -0.2) is 20.2 Å². The van der Waals surface area contributed by atoms with E-state index in [4.69, 9.17) is 4.42 Å². The molecule has 0 aliphatic rings. The van der Waals surface area contributed by atoms with Gasteiger partial charge in [0.05, 0.1) is 11.1 Å². The topological polar surface area (TPSA) is 84.7 Å². The molecule has 9 heteroatoms. The summed E-state index contributed by atoms with van der Waals surface area (Å²) < 4.78 is 6.69. The van der Waals surface area contributed by atoms with Crippen LogP contribution in [0.1, 0.15) is 5.82 Å². The van der Waals surface area contributed by atoms with Crippen LogP contribution in [0.3, 0.4) is 0 Å². The van der Waals surface area contributed by atoms with Crippen molar-refractivity contribution in [1.29, 1.82) is 0 Å². The van der Waals surface area contributed by atoms with Crippen molar-refractivity contribution in [2.24, 2.45) is 0 Å². The van der Waals surface area contributed by atoms with Crippen LogP contribution in [0.15, 0.2) is 78.9 Å². The van der Waals surface area contributed by atoms with Gasteiger partial charge in [0, 0.05) is 21.0 Å².